The molecule has 0 saturated carbocycles. The zero-order valence-electron chi connectivity index (χ0n) is 12.8. The third kappa shape index (κ3) is 4.50. The van der Waals surface area contributed by atoms with Crippen molar-refractivity contribution >= 4 is 0 Å². The second-order valence-electron chi connectivity index (χ2n) is 6.00. The molecule has 2 rings (SSSR count). The van der Waals surface area contributed by atoms with Gasteiger partial charge in [0.1, 0.15) is 5.75 Å². The maximum atomic E-state index is 9.35. The Hall–Kier alpha value is -1.06. The van der Waals surface area contributed by atoms with Gasteiger partial charge in [0.2, 0.25) is 0 Å². The molecule has 0 bridgehead atoms. The van der Waals surface area contributed by atoms with Gasteiger partial charge in [0.15, 0.2) is 0 Å². The minimum absolute atomic E-state index is 0.350. The number of rotatable bonds is 6. The summed E-state index contributed by atoms with van der Waals surface area (Å²) < 4.78 is 0. The second-order valence-corrected chi connectivity index (χ2v) is 6.00. The van der Waals surface area contributed by atoms with E-state index < -0.39 is 0 Å². The Morgan fingerprint density at radius 2 is 1.90 bits per heavy atom. The summed E-state index contributed by atoms with van der Waals surface area (Å²) >= 11 is 0. The Morgan fingerprint density at radius 1 is 1.25 bits per heavy atom. The highest BCUT2D eigenvalue weighted by atomic mass is 16.3. The summed E-state index contributed by atoms with van der Waals surface area (Å²) in [6.45, 7) is 9.26. The third-order valence-corrected chi connectivity index (χ3v) is 4.45. The van der Waals surface area contributed by atoms with Crippen LogP contribution in [0.2, 0.25) is 0 Å². The van der Waals surface area contributed by atoms with Gasteiger partial charge in [-0.1, -0.05) is 19.1 Å². The first-order valence-electron chi connectivity index (χ1n) is 7.91. The van der Waals surface area contributed by atoms with Crippen molar-refractivity contribution in [3.63, 3.8) is 0 Å². The summed E-state index contributed by atoms with van der Waals surface area (Å²) in [6, 6.07) is 8.18. The normalized spacial score (nSPS) is 18.4. The van der Waals surface area contributed by atoms with E-state index in [0.29, 0.717) is 11.8 Å². The number of likely N-dealkylation sites (N-methyl/N-ethyl adjacent to an activating group) is 1. The fourth-order valence-electron chi connectivity index (χ4n) is 3.12. The lowest BCUT2D eigenvalue weighted by Gasteiger charge is -2.33. The minimum Gasteiger partial charge on any atom is -0.508 e. The first-order chi connectivity index (χ1) is 9.69. The highest BCUT2D eigenvalue weighted by Crippen LogP contribution is 2.18. The van der Waals surface area contributed by atoms with Crippen LogP contribution in [-0.2, 0) is 6.42 Å². The second kappa shape index (κ2) is 7.65. The maximum absolute atomic E-state index is 9.35. The van der Waals surface area contributed by atoms with Crippen LogP contribution in [0.15, 0.2) is 24.3 Å². The number of hydrogen-bond acceptors (Lipinski definition) is 3. The van der Waals surface area contributed by atoms with Gasteiger partial charge in [0.05, 0.1) is 0 Å². The quantitative estimate of drug-likeness (QED) is 0.838. The molecule has 0 spiro atoms. The average molecular weight is 276 g/mol. The highest BCUT2D eigenvalue weighted by molar-refractivity contribution is 5.26. The van der Waals surface area contributed by atoms with E-state index in [1.807, 2.05) is 12.1 Å². The Kier molecular flexibility index (Phi) is 5.86. The van der Waals surface area contributed by atoms with Gasteiger partial charge in [-0.2, -0.15) is 0 Å². The SMILES string of the molecule is CCN(CC1CCNCC1)C(C)Cc1ccc(O)cc1. The van der Waals surface area contributed by atoms with Crippen LogP contribution in [-0.4, -0.2) is 42.2 Å². The fraction of sp³-hybridized carbons (Fsp3) is 0.647. The number of phenolic OH excluding ortho intramolecular Hbond substituents is 1. The summed E-state index contributed by atoms with van der Waals surface area (Å²) in [5, 5.41) is 12.8. The average Bonchev–Trinajstić information content (AvgIpc) is 2.48. The molecule has 1 heterocycles. The van der Waals surface area contributed by atoms with Crippen molar-refractivity contribution < 1.29 is 5.11 Å². The van der Waals surface area contributed by atoms with Crippen LogP contribution in [0.1, 0.15) is 32.3 Å². The van der Waals surface area contributed by atoms with E-state index in [4.69, 9.17) is 0 Å². The van der Waals surface area contributed by atoms with Crippen molar-refractivity contribution in [2.24, 2.45) is 5.92 Å². The molecule has 20 heavy (non-hydrogen) atoms. The monoisotopic (exact) mass is 276 g/mol. The van der Waals surface area contributed by atoms with Crippen molar-refractivity contribution in [3.05, 3.63) is 29.8 Å². The lowest BCUT2D eigenvalue weighted by molar-refractivity contribution is 0.167. The predicted molar refractivity (Wildman–Crippen MR) is 84.1 cm³/mol. The van der Waals surface area contributed by atoms with Gasteiger partial charge >= 0.3 is 0 Å². The van der Waals surface area contributed by atoms with Crippen LogP contribution >= 0.6 is 0 Å². The van der Waals surface area contributed by atoms with Crippen molar-refractivity contribution in [1.82, 2.24) is 10.2 Å². The molecule has 1 aromatic carbocycles. The number of piperidine rings is 1. The van der Waals surface area contributed by atoms with Crippen LogP contribution in [0.3, 0.4) is 0 Å². The summed E-state index contributed by atoms with van der Waals surface area (Å²) in [4.78, 5) is 2.60. The van der Waals surface area contributed by atoms with Gasteiger partial charge in [-0.3, -0.25) is 0 Å². The lowest BCUT2D eigenvalue weighted by Crippen LogP contribution is -2.41. The summed E-state index contributed by atoms with van der Waals surface area (Å²) in [5.74, 6) is 1.20. The number of hydrogen-bond donors (Lipinski definition) is 2. The smallest absolute Gasteiger partial charge is 0.115 e. The van der Waals surface area contributed by atoms with Gasteiger partial charge in [-0.15, -0.1) is 0 Å². The number of phenols is 1. The van der Waals surface area contributed by atoms with Crippen LogP contribution in [0, 0.1) is 5.92 Å². The topological polar surface area (TPSA) is 35.5 Å². The highest BCUT2D eigenvalue weighted by Gasteiger charge is 2.19. The molecule has 1 unspecified atom stereocenters. The van der Waals surface area contributed by atoms with Crippen molar-refractivity contribution in [2.45, 2.75) is 39.2 Å². The fourth-order valence-corrected chi connectivity index (χ4v) is 3.12. The third-order valence-electron chi connectivity index (χ3n) is 4.45. The Bertz CT molecular complexity index is 384. The standard InChI is InChI=1S/C17H28N2O/c1-3-19(13-16-8-10-18-11-9-16)14(2)12-15-4-6-17(20)7-5-15/h4-7,14,16,18,20H,3,8-13H2,1-2H3. The van der Waals surface area contributed by atoms with Crippen LogP contribution < -0.4 is 5.32 Å². The molecule has 3 nitrogen and oxygen atoms in total. The minimum atomic E-state index is 0.350. The van der Waals surface area contributed by atoms with Gasteiger partial charge in [0, 0.05) is 12.6 Å². The van der Waals surface area contributed by atoms with Crippen molar-refractivity contribution in [1.29, 1.82) is 0 Å². The van der Waals surface area contributed by atoms with E-state index in [1.54, 1.807) is 12.1 Å². The molecule has 3 heteroatoms. The molecule has 112 valence electrons. The number of aromatic hydroxyl groups is 1. The van der Waals surface area contributed by atoms with Gasteiger partial charge in [-0.25, -0.2) is 0 Å². The molecule has 1 aliphatic heterocycles. The summed E-state index contributed by atoms with van der Waals surface area (Å²) in [7, 11) is 0. The van der Waals surface area contributed by atoms with Gasteiger partial charge < -0.3 is 15.3 Å². The molecule has 0 amide bonds. The van der Waals surface area contributed by atoms with E-state index in [9.17, 15) is 5.11 Å². The zero-order chi connectivity index (χ0) is 14.4. The zero-order valence-corrected chi connectivity index (χ0v) is 12.8. The first kappa shape index (κ1) is 15.3. The molecule has 1 fully saturated rings. The van der Waals surface area contributed by atoms with E-state index in [-0.39, 0.29) is 0 Å². The number of nitrogens with one attached hydrogen (secondary N) is 1. The number of benzene rings is 1. The lowest BCUT2D eigenvalue weighted by atomic mass is 9.96. The van der Waals surface area contributed by atoms with Gasteiger partial charge in [0.25, 0.3) is 0 Å². The maximum Gasteiger partial charge on any atom is 0.115 e. The largest absolute Gasteiger partial charge is 0.508 e. The predicted octanol–water partition coefficient (Wildman–Crippen LogP) is 2.64. The van der Waals surface area contributed by atoms with E-state index in [1.165, 1.54) is 38.0 Å². The number of nitrogens with zero attached hydrogens (tertiary/aromatic N) is 1. The van der Waals surface area contributed by atoms with E-state index >= 15 is 0 Å². The molecular weight excluding hydrogens is 248 g/mol. The molecule has 1 atom stereocenters. The van der Waals surface area contributed by atoms with Crippen LogP contribution in [0.4, 0.5) is 0 Å². The molecule has 0 radical (unpaired) electrons. The van der Waals surface area contributed by atoms with E-state index in [0.717, 1.165) is 18.9 Å². The molecule has 1 saturated heterocycles. The van der Waals surface area contributed by atoms with Crippen molar-refractivity contribution in [2.75, 3.05) is 26.2 Å². The molecular formula is C17H28N2O. The first-order valence-corrected chi connectivity index (χ1v) is 7.91. The Labute approximate surface area is 123 Å². The molecule has 1 aliphatic rings. The van der Waals surface area contributed by atoms with Crippen LogP contribution in [0.5, 0.6) is 5.75 Å². The molecule has 0 aromatic heterocycles. The van der Waals surface area contributed by atoms with Gasteiger partial charge in [-0.05, 0) is 69.4 Å². The Balaban J connectivity index is 1.87. The summed E-state index contributed by atoms with van der Waals surface area (Å²) in [5.41, 5.74) is 1.30. The van der Waals surface area contributed by atoms with Crippen LogP contribution in [0.25, 0.3) is 0 Å². The molecule has 0 aliphatic carbocycles. The summed E-state index contributed by atoms with van der Waals surface area (Å²) in [6.07, 6.45) is 3.67. The Morgan fingerprint density at radius 3 is 2.50 bits per heavy atom. The van der Waals surface area contributed by atoms with Crippen molar-refractivity contribution in [3.8, 4) is 5.75 Å². The van der Waals surface area contributed by atoms with E-state index in [2.05, 4.69) is 24.1 Å². The molecule has 1 aromatic rings. The molecule has 2 N–H and O–H groups in total.